The van der Waals surface area contributed by atoms with Crippen molar-refractivity contribution < 1.29 is 4.79 Å². The Morgan fingerprint density at radius 1 is 1.00 bits per heavy atom. The number of hydrogen-bond acceptors (Lipinski definition) is 5. The molecule has 2 atom stereocenters. The van der Waals surface area contributed by atoms with Crippen LogP contribution in [0.15, 0.2) is 53.8 Å². The summed E-state index contributed by atoms with van der Waals surface area (Å²) in [5, 5.41) is 0.663. The van der Waals surface area contributed by atoms with Crippen LogP contribution in [0, 0.1) is 0 Å². The Bertz CT molecular complexity index is 733. The largest absolute Gasteiger partial charge is 0.299 e. The van der Waals surface area contributed by atoms with Crippen LogP contribution in [0.3, 0.4) is 0 Å². The SMILES string of the molecule is CC.CC.CC(=O)C(c1cccc(Cl)c1)N(C)C.CN=CC(c1cccnc1)N(C)C. The Labute approximate surface area is 195 Å². The number of ketones is 1. The fourth-order valence-corrected chi connectivity index (χ4v) is 2.98. The number of aromatic nitrogens is 1. The quantitative estimate of drug-likeness (QED) is 0.511. The number of carbonyl (C=O) groups is 1. The monoisotopic (exact) mass is 448 g/mol. The van der Waals surface area contributed by atoms with Crippen molar-refractivity contribution in [2.75, 3.05) is 35.2 Å². The van der Waals surface area contributed by atoms with E-state index in [9.17, 15) is 4.79 Å². The minimum absolute atomic E-state index is 0.122. The van der Waals surface area contributed by atoms with Gasteiger partial charge < -0.3 is 0 Å². The number of nitrogens with zero attached hydrogens (tertiary/aromatic N) is 4. The van der Waals surface area contributed by atoms with Crippen LogP contribution in [-0.4, -0.2) is 62.0 Å². The third kappa shape index (κ3) is 12.4. The van der Waals surface area contributed by atoms with Crippen LogP contribution < -0.4 is 0 Å². The summed E-state index contributed by atoms with van der Waals surface area (Å²) in [4.78, 5) is 23.5. The highest BCUT2D eigenvalue weighted by Crippen LogP contribution is 2.22. The molecule has 0 spiro atoms. The summed E-state index contributed by atoms with van der Waals surface area (Å²) >= 11 is 5.87. The lowest BCUT2D eigenvalue weighted by atomic mass is 10.0. The summed E-state index contributed by atoms with van der Waals surface area (Å²) in [6.07, 6.45) is 5.56. The molecule has 0 bridgehead atoms. The predicted molar refractivity (Wildman–Crippen MR) is 136 cm³/mol. The van der Waals surface area contributed by atoms with Crippen LogP contribution in [0.2, 0.25) is 5.02 Å². The average molecular weight is 449 g/mol. The van der Waals surface area contributed by atoms with Gasteiger partial charge in [0.1, 0.15) is 0 Å². The van der Waals surface area contributed by atoms with Gasteiger partial charge in [-0.05, 0) is 64.4 Å². The first-order valence-corrected chi connectivity index (χ1v) is 11.1. The highest BCUT2D eigenvalue weighted by Gasteiger charge is 2.18. The number of aliphatic imine (C=N–C) groups is 1. The molecule has 2 rings (SSSR count). The number of carbonyl (C=O) groups excluding carboxylic acids is 1. The zero-order valence-corrected chi connectivity index (χ0v) is 21.7. The van der Waals surface area contributed by atoms with Crippen molar-refractivity contribution in [3.8, 4) is 0 Å². The molecule has 0 saturated carbocycles. The second-order valence-electron chi connectivity index (χ2n) is 6.63. The highest BCUT2D eigenvalue weighted by atomic mass is 35.5. The lowest BCUT2D eigenvalue weighted by molar-refractivity contribution is -0.121. The van der Waals surface area contributed by atoms with Crippen LogP contribution in [0.4, 0.5) is 0 Å². The number of benzene rings is 1. The molecule has 2 aromatic rings. The van der Waals surface area contributed by atoms with Gasteiger partial charge in [0.2, 0.25) is 0 Å². The Hall–Kier alpha value is -2.08. The molecule has 1 aromatic carbocycles. The molecule has 1 aromatic heterocycles. The maximum atomic E-state index is 11.4. The third-order valence-corrected chi connectivity index (χ3v) is 4.17. The summed E-state index contributed by atoms with van der Waals surface area (Å²) in [7, 11) is 9.60. The van der Waals surface area contributed by atoms with E-state index >= 15 is 0 Å². The summed E-state index contributed by atoms with van der Waals surface area (Å²) in [5.74, 6) is 0.122. The van der Waals surface area contributed by atoms with E-state index in [-0.39, 0.29) is 17.9 Å². The minimum atomic E-state index is -0.200. The van der Waals surface area contributed by atoms with Gasteiger partial charge in [-0.2, -0.15) is 0 Å². The van der Waals surface area contributed by atoms with Crippen molar-refractivity contribution in [3.63, 3.8) is 0 Å². The molecule has 0 amide bonds. The summed E-state index contributed by atoms with van der Waals surface area (Å²) in [6, 6.07) is 11.4. The van der Waals surface area contributed by atoms with Gasteiger partial charge in [-0.15, -0.1) is 0 Å². The Balaban J connectivity index is 0. The predicted octanol–water partition coefficient (Wildman–Crippen LogP) is 5.97. The van der Waals surface area contributed by atoms with Gasteiger partial charge in [-0.25, -0.2) is 0 Å². The Morgan fingerprint density at radius 2 is 1.58 bits per heavy atom. The van der Waals surface area contributed by atoms with E-state index < -0.39 is 0 Å². The normalized spacial score (nSPS) is 12.0. The molecule has 0 aliphatic rings. The van der Waals surface area contributed by atoms with E-state index in [4.69, 9.17) is 11.6 Å². The first-order chi connectivity index (χ1) is 14.8. The molecule has 2 unspecified atom stereocenters. The maximum Gasteiger partial charge on any atom is 0.151 e. The van der Waals surface area contributed by atoms with Gasteiger partial charge in [0.25, 0.3) is 0 Å². The van der Waals surface area contributed by atoms with E-state index in [2.05, 4.69) is 20.9 Å². The van der Waals surface area contributed by atoms with Gasteiger partial charge in [0, 0.05) is 30.7 Å². The number of pyridine rings is 1. The van der Waals surface area contributed by atoms with Crippen LogP contribution >= 0.6 is 11.6 Å². The lowest BCUT2D eigenvalue weighted by Crippen LogP contribution is -2.25. The van der Waals surface area contributed by atoms with Crippen LogP contribution in [0.25, 0.3) is 0 Å². The molecule has 0 saturated heterocycles. The van der Waals surface area contributed by atoms with Crippen molar-refractivity contribution in [3.05, 3.63) is 64.9 Å². The molecule has 0 N–H and O–H groups in total. The standard InChI is InChI=1S/C11H14ClNO.C10H15N3.2C2H6/c1-8(14)11(13(2)3)9-5-4-6-10(12)7-9;1-11-8-10(13(2)3)9-5-4-6-12-7-9;2*1-2/h4-7,11H,1-3H3;4-8,10H,1-3H3;2*1-2H3. The molecule has 0 fully saturated rings. The molecular weight excluding hydrogens is 408 g/mol. The topological polar surface area (TPSA) is 48.8 Å². The van der Waals surface area contributed by atoms with E-state index in [1.165, 1.54) is 0 Å². The Morgan fingerprint density at radius 3 is 1.97 bits per heavy atom. The fraction of sp³-hybridized carbons (Fsp3) is 0.480. The molecule has 31 heavy (non-hydrogen) atoms. The van der Waals surface area contributed by atoms with Crippen molar-refractivity contribution in [2.24, 2.45) is 4.99 Å². The van der Waals surface area contributed by atoms with E-state index in [1.54, 1.807) is 26.2 Å². The number of likely N-dealkylation sites (N-methyl/N-ethyl adjacent to an activating group) is 1. The van der Waals surface area contributed by atoms with Gasteiger partial charge in [0.05, 0.1) is 12.1 Å². The summed E-state index contributed by atoms with van der Waals surface area (Å²) in [5.41, 5.74) is 2.10. The minimum Gasteiger partial charge on any atom is -0.299 e. The second kappa shape index (κ2) is 18.7. The summed E-state index contributed by atoms with van der Waals surface area (Å²) in [6.45, 7) is 9.59. The number of Topliss-reactive ketones (excluding diaryl/α,β-unsaturated/α-hetero) is 1. The molecular formula is C25H41ClN4O. The fourth-order valence-electron chi connectivity index (χ4n) is 2.78. The van der Waals surface area contributed by atoms with Crippen molar-refractivity contribution in [1.82, 2.24) is 14.8 Å². The highest BCUT2D eigenvalue weighted by molar-refractivity contribution is 6.30. The molecule has 0 radical (unpaired) electrons. The van der Waals surface area contributed by atoms with E-state index in [1.807, 2.05) is 97.5 Å². The van der Waals surface area contributed by atoms with E-state index in [0.717, 1.165) is 11.1 Å². The van der Waals surface area contributed by atoms with Crippen molar-refractivity contribution >= 4 is 23.6 Å². The second-order valence-corrected chi connectivity index (χ2v) is 7.07. The van der Waals surface area contributed by atoms with Gasteiger partial charge in [0.15, 0.2) is 5.78 Å². The van der Waals surface area contributed by atoms with Gasteiger partial charge >= 0.3 is 0 Å². The van der Waals surface area contributed by atoms with Crippen LogP contribution in [0.1, 0.15) is 57.8 Å². The van der Waals surface area contributed by atoms with Crippen molar-refractivity contribution in [1.29, 1.82) is 0 Å². The van der Waals surface area contributed by atoms with Gasteiger partial charge in [-0.3, -0.25) is 24.6 Å². The number of rotatable bonds is 6. The van der Waals surface area contributed by atoms with Crippen LogP contribution in [0.5, 0.6) is 0 Å². The number of hydrogen-bond donors (Lipinski definition) is 0. The Kier molecular flexibility index (Phi) is 18.7. The first-order valence-electron chi connectivity index (χ1n) is 10.7. The smallest absolute Gasteiger partial charge is 0.151 e. The molecule has 174 valence electrons. The number of halogens is 1. The molecule has 5 nitrogen and oxygen atoms in total. The third-order valence-electron chi connectivity index (χ3n) is 3.94. The average Bonchev–Trinajstić information content (AvgIpc) is 2.75. The summed E-state index contributed by atoms with van der Waals surface area (Å²) < 4.78 is 0. The zero-order valence-electron chi connectivity index (χ0n) is 20.9. The van der Waals surface area contributed by atoms with Crippen molar-refractivity contribution in [2.45, 2.75) is 46.7 Å². The molecule has 0 aliphatic carbocycles. The van der Waals surface area contributed by atoms with Crippen LogP contribution in [-0.2, 0) is 4.79 Å². The molecule has 0 aliphatic heterocycles. The first kappa shape index (κ1) is 31.1. The maximum absolute atomic E-state index is 11.4. The van der Waals surface area contributed by atoms with E-state index in [0.29, 0.717) is 5.02 Å². The zero-order chi connectivity index (χ0) is 24.4. The lowest BCUT2D eigenvalue weighted by Gasteiger charge is -2.21. The molecule has 6 heteroatoms. The van der Waals surface area contributed by atoms with Gasteiger partial charge in [-0.1, -0.05) is 57.5 Å². The molecule has 1 heterocycles.